The third kappa shape index (κ3) is 2.06. The second kappa shape index (κ2) is 4.61. The molecule has 0 fully saturated rings. The van der Waals surface area contributed by atoms with Crippen LogP contribution in [0.15, 0.2) is 29.6 Å². The monoisotopic (exact) mass is 236 g/mol. The molecule has 1 aromatic carbocycles. The molecule has 5 heteroatoms. The van der Waals surface area contributed by atoms with Gasteiger partial charge in [0, 0.05) is 15.5 Å². The summed E-state index contributed by atoms with van der Waals surface area (Å²) >= 11 is 1.56. The number of aliphatic hydroxyl groups is 1. The van der Waals surface area contributed by atoms with Gasteiger partial charge in [-0.25, -0.2) is 0 Å². The summed E-state index contributed by atoms with van der Waals surface area (Å²) in [6.07, 6.45) is 0. The van der Waals surface area contributed by atoms with Gasteiger partial charge in [0.25, 0.3) is 0 Å². The van der Waals surface area contributed by atoms with E-state index in [4.69, 9.17) is 10.8 Å². The summed E-state index contributed by atoms with van der Waals surface area (Å²) in [4.78, 5) is 11.5. The van der Waals surface area contributed by atoms with E-state index >= 15 is 0 Å². The number of hydrogen-bond acceptors (Lipinski definition) is 4. The molecule has 1 heterocycles. The first-order valence-corrected chi connectivity index (χ1v) is 5.74. The number of thiophene rings is 1. The van der Waals surface area contributed by atoms with E-state index in [1.807, 2.05) is 29.6 Å². The van der Waals surface area contributed by atoms with Gasteiger partial charge < -0.3 is 16.2 Å². The van der Waals surface area contributed by atoms with E-state index in [1.54, 1.807) is 11.3 Å². The Balaban J connectivity index is 2.25. The molecule has 4 N–H and O–H groups in total. The Morgan fingerprint density at radius 2 is 2.25 bits per heavy atom. The number of fused-ring (bicyclic) bond motifs is 1. The molecule has 1 atom stereocenters. The minimum Gasteiger partial charge on any atom is -0.394 e. The van der Waals surface area contributed by atoms with Gasteiger partial charge >= 0.3 is 0 Å². The number of carbonyl (C=O) groups excluding carboxylic acids is 1. The highest BCUT2D eigenvalue weighted by atomic mass is 32.1. The molecule has 16 heavy (non-hydrogen) atoms. The van der Waals surface area contributed by atoms with Crippen molar-refractivity contribution in [2.45, 2.75) is 6.04 Å². The number of rotatable bonds is 3. The standard InChI is InChI=1S/C11H12N2O2S/c12-8(5-14)11(15)13-9-6-16-10-4-2-1-3-7(9)10/h1-4,6,8,14H,5,12H2,(H,13,15). The van der Waals surface area contributed by atoms with Crippen LogP contribution in [-0.2, 0) is 4.79 Å². The van der Waals surface area contributed by atoms with Crippen molar-refractivity contribution in [2.24, 2.45) is 5.73 Å². The Kier molecular flexibility index (Phi) is 3.19. The number of aliphatic hydroxyl groups excluding tert-OH is 1. The minimum absolute atomic E-state index is 0.353. The van der Waals surface area contributed by atoms with Crippen molar-refractivity contribution in [1.82, 2.24) is 0 Å². The van der Waals surface area contributed by atoms with Crippen LogP contribution in [0.4, 0.5) is 5.69 Å². The topological polar surface area (TPSA) is 75.3 Å². The van der Waals surface area contributed by atoms with Crippen LogP contribution in [0.25, 0.3) is 10.1 Å². The van der Waals surface area contributed by atoms with Gasteiger partial charge in [0.15, 0.2) is 0 Å². The fraction of sp³-hybridized carbons (Fsp3) is 0.182. The minimum atomic E-state index is -0.876. The molecule has 4 nitrogen and oxygen atoms in total. The Morgan fingerprint density at radius 3 is 3.00 bits per heavy atom. The highest BCUT2D eigenvalue weighted by Crippen LogP contribution is 2.29. The SMILES string of the molecule is NC(CO)C(=O)Nc1csc2ccccc12. The number of benzene rings is 1. The highest BCUT2D eigenvalue weighted by molar-refractivity contribution is 7.17. The summed E-state index contributed by atoms with van der Waals surface area (Å²) in [5, 5.41) is 14.3. The van der Waals surface area contributed by atoms with Gasteiger partial charge in [0.05, 0.1) is 12.3 Å². The fourth-order valence-electron chi connectivity index (χ4n) is 1.38. The molecular weight excluding hydrogens is 224 g/mol. The molecule has 0 radical (unpaired) electrons. The van der Waals surface area contributed by atoms with Crippen molar-refractivity contribution < 1.29 is 9.90 Å². The molecule has 1 aromatic heterocycles. The lowest BCUT2D eigenvalue weighted by Gasteiger charge is -2.08. The summed E-state index contributed by atoms with van der Waals surface area (Å²) in [5.41, 5.74) is 6.16. The molecule has 84 valence electrons. The lowest BCUT2D eigenvalue weighted by atomic mass is 10.2. The van der Waals surface area contributed by atoms with Crippen molar-refractivity contribution >= 4 is 33.0 Å². The fourth-order valence-corrected chi connectivity index (χ4v) is 2.28. The Hall–Kier alpha value is -1.43. The number of nitrogens with two attached hydrogens (primary N) is 1. The molecule has 0 saturated heterocycles. The van der Waals surface area contributed by atoms with E-state index in [-0.39, 0.29) is 12.5 Å². The van der Waals surface area contributed by atoms with Crippen LogP contribution in [0.1, 0.15) is 0 Å². The second-order valence-corrected chi connectivity index (χ2v) is 4.34. The van der Waals surface area contributed by atoms with Crippen LogP contribution in [-0.4, -0.2) is 23.7 Å². The van der Waals surface area contributed by atoms with Gasteiger partial charge in [0.1, 0.15) is 6.04 Å². The average Bonchev–Trinajstić information content (AvgIpc) is 2.72. The molecule has 1 amide bonds. The first kappa shape index (κ1) is 11.1. The molecule has 2 aromatic rings. The van der Waals surface area contributed by atoms with Crippen LogP contribution in [0.2, 0.25) is 0 Å². The predicted octanol–water partition coefficient (Wildman–Crippen LogP) is 1.16. The van der Waals surface area contributed by atoms with Gasteiger partial charge in [-0.3, -0.25) is 4.79 Å². The van der Waals surface area contributed by atoms with Gasteiger partial charge in [0.2, 0.25) is 5.91 Å². The van der Waals surface area contributed by atoms with E-state index in [2.05, 4.69) is 5.32 Å². The molecule has 0 bridgehead atoms. The van der Waals surface area contributed by atoms with Gasteiger partial charge in [-0.15, -0.1) is 11.3 Å². The number of anilines is 1. The normalized spacial score (nSPS) is 12.6. The van der Waals surface area contributed by atoms with Crippen LogP contribution in [0, 0.1) is 0 Å². The number of carbonyl (C=O) groups is 1. The zero-order valence-corrected chi connectivity index (χ0v) is 9.33. The molecule has 0 aliphatic rings. The molecular formula is C11H12N2O2S. The quantitative estimate of drug-likeness (QED) is 0.748. The zero-order valence-electron chi connectivity index (χ0n) is 8.51. The van der Waals surface area contributed by atoms with E-state index in [1.165, 1.54) is 0 Å². The van der Waals surface area contributed by atoms with E-state index in [0.717, 1.165) is 15.8 Å². The van der Waals surface area contributed by atoms with Crippen molar-refractivity contribution in [3.63, 3.8) is 0 Å². The molecule has 0 saturated carbocycles. The lowest BCUT2D eigenvalue weighted by Crippen LogP contribution is -2.38. The van der Waals surface area contributed by atoms with Crippen molar-refractivity contribution in [1.29, 1.82) is 0 Å². The predicted molar refractivity (Wildman–Crippen MR) is 65.5 cm³/mol. The number of amides is 1. The van der Waals surface area contributed by atoms with Crippen molar-refractivity contribution in [3.05, 3.63) is 29.6 Å². The summed E-state index contributed by atoms with van der Waals surface area (Å²) in [7, 11) is 0. The van der Waals surface area contributed by atoms with E-state index in [0.29, 0.717) is 0 Å². The highest BCUT2D eigenvalue weighted by Gasteiger charge is 2.13. The summed E-state index contributed by atoms with van der Waals surface area (Å²) < 4.78 is 1.11. The summed E-state index contributed by atoms with van der Waals surface area (Å²) in [6, 6.07) is 6.91. The average molecular weight is 236 g/mol. The molecule has 1 unspecified atom stereocenters. The Bertz CT molecular complexity index is 509. The molecule has 0 aliphatic carbocycles. The molecule has 0 spiro atoms. The van der Waals surface area contributed by atoms with Crippen molar-refractivity contribution in [2.75, 3.05) is 11.9 Å². The number of hydrogen-bond donors (Lipinski definition) is 3. The maximum absolute atomic E-state index is 11.5. The number of nitrogens with one attached hydrogen (secondary N) is 1. The van der Waals surface area contributed by atoms with Crippen LogP contribution in [0.5, 0.6) is 0 Å². The summed E-state index contributed by atoms with van der Waals surface area (Å²) in [5.74, 6) is -0.369. The van der Waals surface area contributed by atoms with Gasteiger partial charge in [-0.05, 0) is 6.07 Å². The largest absolute Gasteiger partial charge is 0.394 e. The van der Waals surface area contributed by atoms with Crippen LogP contribution >= 0.6 is 11.3 Å². The third-order valence-corrected chi connectivity index (χ3v) is 3.24. The van der Waals surface area contributed by atoms with Gasteiger partial charge in [-0.1, -0.05) is 18.2 Å². The summed E-state index contributed by atoms with van der Waals surface area (Å²) in [6.45, 7) is -0.353. The third-order valence-electron chi connectivity index (χ3n) is 2.27. The Labute approximate surface area is 96.7 Å². The molecule has 2 rings (SSSR count). The Morgan fingerprint density at radius 1 is 1.50 bits per heavy atom. The first-order valence-electron chi connectivity index (χ1n) is 4.86. The maximum atomic E-state index is 11.5. The second-order valence-electron chi connectivity index (χ2n) is 3.42. The smallest absolute Gasteiger partial charge is 0.243 e. The maximum Gasteiger partial charge on any atom is 0.243 e. The van der Waals surface area contributed by atoms with Crippen LogP contribution in [0.3, 0.4) is 0 Å². The van der Waals surface area contributed by atoms with E-state index in [9.17, 15) is 4.79 Å². The van der Waals surface area contributed by atoms with Gasteiger partial charge in [-0.2, -0.15) is 0 Å². The molecule has 0 aliphatic heterocycles. The lowest BCUT2D eigenvalue weighted by molar-refractivity contribution is -0.118. The first-order chi connectivity index (χ1) is 7.72. The van der Waals surface area contributed by atoms with E-state index < -0.39 is 6.04 Å². The van der Waals surface area contributed by atoms with Crippen molar-refractivity contribution in [3.8, 4) is 0 Å². The van der Waals surface area contributed by atoms with Crippen LogP contribution < -0.4 is 11.1 Å². The zero-order chi connectivity index (χ0) is 11.5.